The van der Waals surface area contributed by atoms with Crippen LogP contribution in [0.4, 0.5) is 8.78 Å². The Kier molecular flexibility index (Phi) is 13.8. The molecule has 4 aromatic rings. The van der Waals surface area contributed by atoms with Gasteiger partial charge in [-0.15, -0.1) is 0 Å². The van der Waals surface area contributed by atoms with Crippen LogP contribution in [0.5, 0.6) is 0 Å². The van der Waals surface area contributed by atoms with E-state index in [1.165, 1.54) is 10.9 Å². The van der Waals surface area contributed by atoms with Crippen LogP contribution in [0.25, 0.3) is 22.3 Å². The number of halogens is 2. The first kappa shape index (κ1) is 45.9. The summed E-state index contributed by atoms with van der Waals surface area (Å²) in [6.45, 7) is -1.36. The molecule has 0 aliphatic carbocycles. The zero-order chi connectivity index (χ0) is 43.8. The number of rotatable bonds is 16. The molecule has 6 rings (SSSR count). The highest BCUT2D eigenvalue weighted by Gasteiger charge is 2.52. The molecule has 0 amide bonds. The Labute approximate surface area is 346 Å². The molecule has 22 nitrogen and oxygen atoms in total. The second kappa shape index (κ2) is 18.0. The number of carbonyl (C=O) groups excluding carboxylic acids is 2. The van der Waals surface area contributed by atoms with Crippen LogP contribution >= 0.6 is 36.4 Å². The summed E-state index contributed by atoms with van der Waals surface area (Å²) in [4.78, 5) is 80.6. The van der Waals surface area contributed by atoms with Crippen molar-refractivity contribution in [3.8, 4) is 0 Å². The van der Waals surface area contributed by atoms with Crippen molar-refractivity contribution in [3.63, 3.8) is 0 Å². The lowest BCUT2D eigenvalue weighted by Crippen LogP contribution is -2.34. The molecular formula is C32H42F2N8O14P2S2. The number of nitrogens with zero attached hydrogens (tertiary/aromatic N) is 6. The molecular weight excluding hydrogens is 884 g/mol. The van der Waals surface area contributed by atoms with Gasteiger partial charge in [0, 0.05) is 29.2 Å². The number of H-pyrrole nitrogens is 2. The lowest BCUT2D eigenvalue weighted by Gasteiger charge is -2.26. The first-order chi connectivity index (χ1) is 28.1. The average Bonchev–Trinajstić information content (AvgIpc) is 3.95. The van der Waals surface area contributed by atoms with Crippen molar-refractivity contribution >= 4 is 70.6 Å². The standard InChI is InChI=1S/C32H42F2N8O14P2S2/c1-31(2,3)29(45)50-14-59-57(47,48)52-9-18-22(19(34)28(55-18)42-13-40-21-24(42)36-11-38-26(21)44)56-58(49,60-15-51-30(46)32(4,5)6)53-8-16-7-17(33)27(54-16)41-12-39-20-23(41)35-10-37-25(20)43/h10-13,16-19,22,27-28H,7-9,14-15H2,1-6H3,(H,47,48)(H,35,37,43)(H,36,38,44)/t16-,17+,18+,19+,22+,27+,28+,58?/m0/s1. The molecule has 2 aliphatic rings. The lowest BCUT2D eigenvalue weighted by atomic mass is 9.98. The Morgan fingerprint density at radius 1 is 0.833 bits per heavy atom. The van der Waals surface area contributed by atoms with E-state index in [4.69, 9.17) is 32.5 Å². The SMILES string of the molecule is CC(C)(C)C(=O)OCSP(=O)(O)OC[C@H]1O[C@@H](n2cnc3c(=O)[nH]cnc32)[C@H](F)[C@@H]1OP(=O)(OC[C@@H]1C[C@@H](F)[C@H](n2cnc3c(=O)[nH]cnc32)O1)SCOC(=O)C(C)(C)C. The quantitative estimate of drug-likeness (QED) is 0.0802. The highest BCUT2D eigenvalue weighted by molar-refractivity contribution is 8.55. The number of imidazole rings is 2. The maximum Gasteiger partial charge on any atom is 0.392 e. The summed E-state index contributed by atoms with van der Waals surface area (Å²) in [7, 11) is 0. The van der Waals surface area contributed by atoms with Crippen molar-refractivity contribution in [3.05, 3.63) is 46.0 Å². The lowest BCUT2D eigenvalue weighted by molar-refractivity contribution is -0.151. The number of hydrogen-bond donors (Lipinski definition) is 3. The third-order valence-electron chi connectivity index (χ3n) is 8.78. The van der Waals surface area contributed by atoms with Crippen molar-refractivity contribution in [2.75, 3.05) is 25.1 Å². The molecule has 0 saturated carbocycles. The van der Waals surface area contributed by atoms with Gasteiger partial charge in [-0.05, 0) is 41.5 Å². The van der Waals surface area contributed by atoms with Crippen molar-refractivity contribution in [2.45, 2.75) is 91.1 Å². The molecule has 0 bridgehead atoms. The van der Waals surface area contributed by atoms with Gasteiger partial charge in [-0.25, -0.2) is 37.8 Å². The van der Waals surface area contributed by atoms with Crippen LogP contribution in [0.1, 0.15) is 60.4 Å². The largest absolute Gasteiger partial charge is 0.454 e. The van der Waals surface area contributed by atoms with Gasteiger partial charge < -0.3 is 33.8 Å². The van der Waals surface area contributed by atoms with Crippen molar-refractivity contribution < 1.29 is 64.9 Å². The zero-order valence-corrected chi connectivity index (χ0v) is 36.2. The number of esters is 2. The fourth-order valence-corrected chi connectivity index (χ4v) is 10.2. The normalized spacial score (nSPS) is 25.6. The molecule has 0 spiro atoms. The Hall–Kier alpha value is -3.58. The summed E-state index contributed by atoms with van der Waals surface area (Å²) >= 11 is 0.598. The van der Waals surface area contributed by atoms with Gasteiger partial charge in [0.2, 0.25) is 0 Å². The maximum absolute atomic E-state index is 16.8. The Morgan fingerprint density at radius 3 is 1.92 bits per heavy atom. The summed E-state index contributed by atoms with van der Waals surface area (Å²) in [6.07, 6.45) is -7.56. The summed E-state index contributed by atoms with van der Waals surface area (Å²) in [5.74, 6) is -2.55. The van der Waals surface area contributed by atoms with E-state index in [-0.39, 0.29) is 40.1 Å². The zero-order valence-electron chi connectivity index (χ0n) is 32.8. The minimum atomic E-state index is -4.72. The van der Waals surface area contributed by atoms with Crippen LogP contribution in [0.2, 0.25) is 0 Å². The van der Waals surface area contributed by atoms with E-state index in [0.29, 0.717) is 11.4 Å². The monoisotopic (exact) mass is 926 g/mol. The van der Waals surface area contributed by atoms with Gasteiger partial charge in [0.1, 0.15) is 30.3 Å². The maximum atomic E-state index is 16.8. The van der Waals surface area contributed by atoms with Gasteiger partial charge in [-0.2, -0.15) is 0 Å². The number of fused-ring (bicyclic) bond motifs is 2. The van der Waals surface area contributed by atoms with E-state index in [1.807, 2.05) is 0 Å². The number of hydrogen-bond acceptors (Lipinski definition) is 19. The van der Waals surface area contributed by atoms with Gasteiger partial charge in [0.25, 0.3) is 11.1 Å². The summed E-state index contributed by atoms with van der Waals surface area (Å²) in [5.41, 5.74) is -3.40. The fourth-order valence-electron chi connectivity index (χ4n) is 5.68. The molecule has 3 N–H and O–H groups in total. The van der Waals surface area contributed by atoms with Crippen molar-refractivity contribution in [1.82, 2.24) is 39.0 Å². The van der Waals surface area contributed by atoms with Gasteiger partial charge in [0.05, 0.1) is 55.5 Å². The van der Waals surface area contributed by atoms with E-state index < -0.39 is 116 Å². The molecule has 2 fully saturated rings. The second-order valence-corrected chi connectivity index (χ2v) is 23.3. The molecule has 28 heteroatoms. The van der Waals surface area contributed by atoms with Crippen molar-refractivity contribution in [2.24, 2.45) is 10.8 Å². The molecule has 330 valence electrons. The molecule has 2 saturated heterocycles. The molecule has 60 heavy (non-hydrogen) atoms. The van der Waals surface area contributed by atoms with Gasteiger partial charge >= 0.3 is 25.5 Å². The van der Waals surface area contributed by atoms with Gasteiger partial charge in [-0.3, -0.25) is 41.9 Å². The van der Waals surface area contributed by atoms with Crippen molar-refractivity contribution in [1.29, 1.82) is 0 Å². The number of alkyl halides is 2. The fraction of sp³-hybridized carbons (Fsp3) is 0.625. The Morgan fingerprint density at radius 2 is 1.37 bits per heavy atom. The smallest absolute Gasteiger partial charge is 0.392 e. The molecule has 0 aromatic carbocycles. The van der Waals surface area contributed by atoms with Crippen LogP contribution < -0.4 is 11.1 Å². The van der Waals surface area contributed by atoms with E-state index in [2.05, 4.69) is 29.9 Å². The summed E-state index contributed by atoms with van der Waals surface area (Å²) in [5, 5.41) is 0. The molecule has 0 radical (unpaired) electrons. The van der Waals surface area contributed by atoms with Crippen LogP contribution in [-0.2, 0) is 51.2 Å². The molecule has 6 heterocycles. The highest BCUT2D eigenvalue weighted by atomic mass is 32.7. The van der Waals surface area contributed by atoms with Crippen LogP contribution in [0.3, 0.4) is 0 Å². The Balaban J connectivity index is 1.23. The highest BCUT2D eigenvalue weighted by Crippen LogP contribution is 2.64. The Bertz CT molecular complexity index is 2420. The molecule has 4 aromatic heterocycles. The van der Waals surface area contributed by atoms with E-state index in [1.54, 1.807) is 41.5 Å². The first-order valence-corrected chi connectivity index (χ1v) is 24.3. The molecule has 9 atom stereocenters. The van der Waals surface area contributed by atoms with Crippen LogP contribution in [-0.4, -0.2) is 112 Å². The van der Waals surface area contributed by atoms with E-state index >= 15 is 8.78 Å². The molecule has 2 aliphatic heterocycles. The van der Waals surface area contributed by atoms with E-state index in [0.717, 1.165) is 23.5 Å². The third-order valence-corrected chi connectivity index (χ3v) is 14.8. The molecule has 2 unspecified atom stereocenters. The predicted octanol–water partition coefficient (Wildman–Crippen LogP) is 4.30. The topological polar surface area (TPSA) is 280 Å². The number of ether oxygens (including phenoxy) is 4. The van der Waals surface area contributed by atoms with Crippen LogP contribution in [0, 0.1) is 10.8 Å². The minimum Gasteiger partial charge on any atom is -0.454 e. The second-order valence-electron chi connectivity index (χ2n) is 15.5. The third kappa shape index (κ3) is 10.5. The summed E-state index contributed by atoms with van der Waals surface area (Å²) in [6, 6.07) is 0. The first-order valence-electron chi connectivity index (χ1n) is 18.0. The van der Waals surface area contributed by atoms with Gasteiger partial charge in [0.15, 0.2) is 41.0 Å². The van der Waals surface area contributed by atoms with Crippen LogP contribution in [0.15, 0.2) is 34.9 Å². The number of aromatic amines is 2. The average molecular weight is 927 g/mol. The van der Waals surface area contributed by atoms with E-state index in [9.17, 15) is 33.2 Å². The van der Waals surface area contributed by atoms with Gasteiger partial charge in [-0.1, -0.05) is 0 Å². The predicted molar refractivity (Wildman–Crippen MR) is 209 cm³/mol. The minimum absolute atomic E-state index is 0.0402. The number of aromatic nitrogens is 8. The number of nitrogens with one attached hydrogen (secondary N) is 2. The summed E-state index contributed by atoms with van der Waals surface area (Å²) < 4.78 is 101. The number of carbonyl (C=O) groups is 2.